The third-order valence-corrected chi connectivity index (χ3v) is 4.47. The highest BCUT2D eigenvalue weighted by Crippen LogP contribution is 2.26. The molecule has 0 radical (unpaired) electrons. The van der Waals surface area contributed by atoms with Gasteiger partial charge in [-0.3, -0.25) is 9.59 Å². The lowest BCUT2D eigenvalue weighted by atomic mass is 10.1. The van der Waals surface area contributed by atoms with Crippen LogP contribution >= 0.6 is 27.3 Å². The molecule has 0 saturated carbocycles. The van der Waals surface area contributed by atoms with E-state index in [-0.39, 0.29) is 11.8 Å². The number of carbonyl (C=O) groups is 2. The second-order valence-corrected chi connectivity index (χ2v) is 6.03. The Labute approximate surface area is 129 Å². The first-order chi connectivity index (χ1) is 9.47. The van der Waals surface area contributed by atoms with E-state index in [4.69, 9.17) is 0 Å². The van der Waals surface area contributed by atoms with Gasteiger partial charge < -0.3 is 10.6 Å². The van der Waals surface area contributed by atoms with E-state index < -0.39 is 0 Å². The fourth-order valence-corrected chi connectivity index (χ4v) is 3.12. The van der Waals surface area contributed by atoms with Crippen molar-refractivity contribution in [3.05, 3.63) is 44.6 Å². The zero-order valence-corrected chi connectivity index (χ0v) is 13.4. The number of anilines is 2. The molecule has 4 nitrogen and oxygen atoms in total. The van der Waals surface area contributed by atoms with Crippen LogP contribution in [0.25, 0.3) is 0 Å². The summed E-state index contributed by atoms with van der Waals surface area (Å²) in [6.45, 7) is 3.34. The van der Waals surface area contributed by atoms with Crippen LogP contribution in [0.4, 0.5) is 11.4 Å². The number of carbonyl (C=O) groups excluding carboxylic acids is 2. The fraction of sp³-hybridized carbons (Fsp3) is 0.143. The van der Waals surface area contributed by atoms with E-state index in [1.165, 1.54) is 18.3 Å². The average Bonchev–Trinajstić information content (AvgIpc) is 2.79. The molecule has 0 spiro atoms. The molecule has 1 aromatic carbocycles. The molecule has 0 saturated heterocycles. The molecule has 2 amide bonds. The average molecular weight is 353 g/mol. The Morgan fingerprint density at radius 3 is 2.55 bits per heavy atom. The Kier molecular flexibility index (Phi) is 4.57. The zero-order chi connectivity index (χ0) is 14.7. The number of rotatable bonds is 3. The highest BCUT2D eigenvalue weighted by atomic mass is 79.9. The van der Waals surface area contributed by atoms with Gasteiger partial charge in [0.25, 0.3) is 5.91 Å². The van der Waals surface area contributed by atoms with Crippen molar-refractivity contribution in [3.8, 4) is 0 Å². The van der Waals surface area contributed by atoms with Gasteiger partial charge >= 0.3 is 0 Å². The van der Waals surface area contributed by atoms with Crippen LogP contribution in [0.3, 0.4) is 0 Å². The molecule has 6 heteroatoms. The normalized spacial score (nSPS) is 10.2. The number of aryl methyl sites for hydroxylation is 1. The lowest BCUT2D eigenvalue weighted by molar-refractivity contribution is -0.114. The van der Waals surface area contributed by atoms with E-state index in [0.717, 1.165) is 10.0 Å². The van der Waals surface area contributed by atoms with Crippen LogP contribution in [-0.4, -0.2) is 11.8 Å². The van der Waals surface area contributed by atoms with Gasteiger partial charge in [-0.15, -0.1) is 11.3 Å². The largest absolute Gasteiger partial charge is 0.326 e. The summed E-state index contributed by atoms with van der Waals surface area (Å²) in [4.78, 5) is 23.8. The Balaban J connectivity index is 2.22. The molecule has 2 aromatic rings. The van der Waals surface area contributed by atoms with E-state index in [1.807, 2.05) is 24.4 Å². The number of thiophene rings is 1. The second kappa shape index (κ2) is 6.19. The molecule has 0 unspecified atom stereocenters. The zero-order valence-electron chi connectivity index (χ0n) is 11.0. The molecule has 0 aliphatic heterocycles. The second-order valence-electron chi connectivity index (χ2n) is 4.26. The predicted octanol–water partition coefficient (Wildman–Crippen LogP) is 4.03. The van der Waals surface area contributed by atoms with E-state index in [1.54, 1.807) is 12.1 Å². The van der Waals surface area contributed by atoms with Crippen LogP contribution in [0.5, 0.6) is 0 Å². The van der Waals surface area contributed by atoms with Crippen LogP contribution < -0.4 is 10.6 Å². The first kappa shape index (κ1) is 14.7. The molecular weight excluding hydrogens is 340 g/mol. The number of benzene rings is 1. The topological polar surface area (TPSA) is 58.2 Å². The molecule has 0 aliphatic carbocycles. The summed E-state index contributed by atoms with van der Waals surface area (Å²) >= 11 is 4.71. The third-order valence-electron chi connectivity index (χ3n) is 2.63. The van der Waals surface area contributed by atoms with Gasteiger partial charge in [0.1, 0.15) is 4.88 Å². The Morgan fingerprint density at radius 1 is 1.20 bits per heavy atom. The maximum Gasteiger partial charge on any atom is 0.266 e. The first-order valence-electron chi connectivity index (χ1n) is 5.90. The summed E-state index contributed by atoms with van der Waals surface area (Å²) in [7, 11) is 0. The lowest BCUT2D eigenvalue weighted by Gasteiger charge is -2.10. The van der Waals surface area contributed by atoms with E-state index >= 15 is 0 Å². The van der Waals surface area contributed by atoms with Crippen molar-refractivity contribution in [2.45, 2.75) is 13.8 Å². The molecule has 2 N–H and O–H groups in total. The van der Waals surface area contributed by atoms with Crippen LogP contribution in [-0.2, 0) is 4.79 Å². The Bertz CT molecular complexity index is 667. The smallest absolute Gasteiger partial charge is 0.266 e. The van der Waals surface area contributed by atoms with Crippen LogP contribution in [0, 0.1) is 6.92 Å². The quantitative estimate of drug-likeness (QED) is 0.875. The maximum atomic E-state index is 12.2. The number of nitrogens with one attached hydrogen (secondary N) is 2. The van der Waals surface area contributed by atoms with Crippen molar-refractivity contribution in [3.63, 3.8) is 0 Å². The minimum absolute atomic E-state index is 0.146. The van der Waals surface area contributed by atoms with Crippen LogP contribution in [0.1, 0.15) is 22.2 Å². The van der Waals surface area contributed by atoms with E-state index in [2.05, 4.69) is 26.6 Å². The third kappa shape index (κ3) is 3.46. The number of amides is 2. The van der Waals surface area contributed by atoms with Gasteiger partial charge in [-0.25, -0.2) is 0 Å². The van der Waals surface area contributed by atoms with Gasteiger partial charge in [0.15, 0.2) is 0 Å². The monoisotopic (exact) mass is 352 g/mol. The van der Waals surface area contributed by atoms with Crippen molar-refractivity contribution in [1.29, 1.82) is 0 Å². The SMILES string of the molecule is CC(=O)Nc1ccc(C)c(NC(=O)c2sccc2Br)c1. The standard InChI is InChI=1S/C14H13BrN2O2S/c1-8-3-4-10(16-9(2)18)7-12(8)17-14(19)13-11(15)5-6-20-13/h3-7H,1-2H3,(H,16,18)(H,17,19). The highest BCUT2D eigenvalue weighted by molar-refractivity contribution is 9.10. The van der Waals surface area contributed by atoms with Crippen molar-refractivity contribution < 1.29 is 9.59 Å². The molecule has 2 rings (SSSR count). The van der Waals surface area contributed by atoms with E-state index in [0.29, 0.717) is 16.3 Å². The molecule has 1 aromatic heterocycles. The van der Waals surface area contributed by atoms with Crippen molar-refractivity contribution in [2.75, 3.05) is 10.6 Å². The summed E-state index contributed by atoms with van der Waals surface area (Å²) in [6, 6.07) is 7.23. The van der Waals surface area contributed by atoms with Crippen LogP contribution in [0.2, 0.25) is 0 Å². The summed E-state index contributed by atoms with van der Waals surface area (Å²) in [5.41, 5.74) is 2.27. The summed E-state index contributed by atoms with van der Waals surface area (Å²) in [5.74, 6) is -0.318. The summed E-state index contributed by atoms with van der Waals surface area (Å²) in [5, 5.41) is 7.40. The predicted molar refractivity (Wildman–Crippen MR) is 85.5 cm³/mol. The summed E-state index contributed by atoms with van der Waals surface area (Å²) < 4.78 is 0.774. The Hall–Kier alpha value is -1.66. The molecule has 20 heavy (non-hydrogen) atoms. The molecule has 0 atom stereocenters. The molecule has 0 aliphatic rings. The van der Waals surface area contributed by atoms with Gasteiger partial charge in [0.05, 0.1) is 0 Å². The Morgan fingerprint density at radius 2 is 1.95 bits per heavy atom. The maximum absolute atomic E-state index is 12.2. The lowest BCUT2D eigenvalue weighted by Crippen LogP contribution is -2.12. The minimum Gasteiger partial charge on any atom is -0.326 e. The first-order valence-corrected chi connectivity index (χ1v) is 7.57. The minimum atomic E-state index is -0.171. The van der Waals surface area contributed by atoms with Crippen molar-refractivity contribution in [1.82, 2.24) is 0 Å². The molecule has 0 bridgehead atoms. The van der Waals surface area contributed by atoms with Gasteiger partial charge in [0.2, 0.25) is 5.91 Å². The molecular formula is C14H13BrN2O2S. The van der Waals surface area contributed by atoms with Crippen LogP contribution in [0.15, 0.2) is 34.1 Å². The number of halogens is 1. The molecule has 1 heterocycles. The van der Waals surface area contributed by atoms with Crippen molar-refractivity contribution >= 4 is 50.5 Å². The highest BCUT2D eigenvalue weighted by Gasteiger charge is 2.13. The summed E-state index contributed by atoms with van der Waals surface area (Å²) in [6.07, 6.45) is 0. The number of hydrogen-bond acceptors (Lipinski definition) is 3. The van der Waals surface area contributed by atoms with Gasteiger partial charge in [-0.05, 0) is 52.0 Å². The van der Waals surface area contributed by atoms with E-state index in [9.17, 15) is 9.59 Å². The van der Waals surface area contributed by atoms with Crippen molar-refractivity contribution in [2.24, 2.45) is 0 Å². The van der Waals surface area contributed by atoms with Gasteiger partial charge in [-0.2, -0.15) is 0 Å². The van der Waals surface area contributed by atoms with Gasteiger partial charge in [0, 0.05) is 22.8 Å². The molecule has 104 valence electrons. The number of hydrogen-bond donors (Lipinski definition) is 2. The van der Waals surface area contributed by atoms with Gasteiger partial charge in [-0.1, -0.05) is 6.07 Å². The fourth-order valence-electron chi connectivity index (χ4n) is 1.67. The molecule has 0 fully saturated rings.